The molecule has 0 saturated carbocycles. The summed E-state index contributed by atoms with van der Waals surface area (Å²) in [5.74, 6) is -2.76. The molecule has 1 aromatic carbocycles. The first-order chi connectivity index (χ1) is 15.3. The number of rotatable bonds is 4. The van der Waals surface area contributed by atoms with Gasteiger partial charge in [-0.25, -0.2) is 22.5 Å². The van der Waals surface area contributed by atoms with Crippen molar-refractivity contribution in [3.8, 4) is 0 Å². The minimum atomic E-state index is -5.08. The van der Waals surface area contributed by atoms with Gasteiger partial charge in [-0.1, -0.05) is 24.3 Å². The SMILES string of the molecule is Cn1cncc1CNC1CC2(CCN(S(C)(=O)=O)CC2)c2ccccc21.O=C(O)C(F)(F)F. The normalized spacial score (nSPS) is 20.2. The molecule has 33 heavy (non-hydrogen) atoms. The number of nitrogens with one attached hydrogen (secondary N) is 1. The molecule has 0 radical (unpaired) electrons. The van der Waals surface area contributed by atoms with E-state index < -0.39 is 22.2 Å². The molecule has 0 amide bonds. The van der Waals surface area contributed by atoms with Crippen molar-refractivity contribution in [2.75, 3.05) is 19.3 Å². The number of hydrogen-bond donors (Lipinski definition) is 2. The van der Waals surface area contributed by atoms with Gasteiger partial charge in [-0.3, -0.25) is 0 Å². The van der Waals surface area contributed by atoms with Crippen LogP contribution in [0.3, 0.4) is 0 Å². The summed E-state index contributed by atoms with van der Waals surface area (Å²) in [4.78, 5) is 13.1. The third-order valence-electron chi connectivity index (χ3n) is 6.34. The Labute approximate surface area is 190 Å². The Morgan fingerprint density at radius 3 is 2.39 bits per heavy atom. The van der Waals surface area contributed by atoms with Crippen LogP contribution >= 0.6 is 0 Å². The fourth-order valence-electron chi connectivity index (χ4n) is 4.58. The summed E-state index contributed by atoms with van der Waals surface area (Å²) in [6, 6.07) is 8.95. The summed E-state index contributed by atoms with van der Waals surface area (Å²) in [6.45, 7) is 2.00. The molecule has 1 spiro atoms. The van der Waals surface area contributed by atoms with Gasteiger partial charge in [0.2, 0.25) is 10.0 Å². The fourth-order valence-corrected chi connectivity index (χ4v) is 5.42. The molecule has 4 rings (SSSR count). The van der Waals surface area contributed by atoms with Crippen molar-refractivity contribution in [1.82, 2.24) is 19.2 Å². The van der Waals surface area contributed by atoms with Crippen LogP contribution < -0.4 is 5.32 Å². The van der Waals surface area contributed by atoms with Gasteiger partial charge in [-0.15, -0.1) is 0 Å². The van der Waals surface area contributed by atoms with E-state index in [4.69, 9.17) is 9.90 Å². The lowest BCUT2D eigenvalue weighted by Crippen LogP contribution is -2.44. The molecule has 1 unspecified atom stereocenters. The molecule has 8 nitrogen and oxygen atoms in total. The lowest BCUT2D eigenvalue weighted by Gasteiger charge is -2.39. The number of aliphatic carboxylic acids is 1. The van der Waals surface area contributed by atoms with Crippen LogP contribution in [0.4, 0.5) is 13.2 Å². The van der Waals surface area contributed by atoms with Crippen LogP contribution in [0.1, 0.15) is 42.1 Å². The van der Waals surface area contributed by atoms with E-state index in [2.05, 4.69) is 34.6 Å². The maximum absolute atomic E-state index is 11.9. The van der Waals surface area contributed by atoms with Crippen molar-refractivity contribution in [2.45, 2.75) is 43.4 Å². The van der Waals surface area contributed by atoms with Gasteiger partial charge in [0.05, 0.1) is 18.3 Å². The second-order valence-electron chi connectivity index (χ2n) is 8.47. The van der Waals surface area contributed by atoms with Gasteiger partial charge in [-0.05, 0) is 35.8 Å². The van der Waals surface area contributed by atoms with E-state index in [0.29, 0.717) is 19.1 Å². The van der Waals surface area contributed by atoms with E-state index in [-0.39, 0.29) is 5.41 Å². The van der Waals surface area contributed by atoms with E-state index in [0.717, 1.165) is 31.5 Å². The highest BCUT2D eigenvalue weighted by Gasteiger charge is 2.46. The lowest BCUT2D eigenvalue weighted by atomic mass is 9.74. The fraction of sp³-hybridized carbons (Fsp3) is 0.524. The Kier molecular flexibility index (Phi) is 7.20. The third-order valence-corrected chi connectivity index (χ3v) is 7.64. The van der Waals surface area contributed by atoms with Crippen LogP contribution in [0.25, 0.3) is 0 Å². The second kappa shape index (κ2) is 9.43. The minimum Gasteiger partial charge on any atom is -0.475 e. The van der Waals surface area contributed by atoms with Crippen molar-refractivity contribution in [3.63, 3.8) is 0 Å². The molecular formula is C21H27F3N4O4S. The Morgan fingerprint density at radius 2 is 1.88 bits per heavy atom. The molecule has 2 aliphatic rings. The van der Waals surface area contributed by atoms with Crippen LogP contribution in [0.5, 0.6) is 0 Å². The summed E-state index contributed by atoms with van der Waals surface area (Å²) in [7, 11) is -1.09. The highest BCUT2D eigenvalue weighted by atomic mass is 32.2. The average Bonchev–Trinajstić information content (AvgIpc) is 3.27. The van der Waals surface area contributed by atoms with Crippen molar-refractivity contribution < 1.29 is 31.5 Å². The van der Waals surface area contributed by atoms with Gasteiger partial charge in [0.1, 0.15) is 0 Å². The number of aryl methyl sites for hydroxylation is 1. The Balaban J connectivity index is 0.000000383. The summed E-state index contributed by atoms with van der Waals surface area (Å²) < 4.78 is 59.1. The van der Waals surface area contributed by atoms with Crippen LogP contribution in [0.15, 0.2) is 36.8 Å². The molecular weight excluding hydrogens is 461 g/mol. The maximum atomic E-state index is 11.9. The number of imidazole rings is 1. The molecule has 2 heterocycles. The number of nitrogens with zero attached hydrogens (tertiary/aromatic N) is 3. The Morgan fingerprint density at radius 1 is 1.27 bits per heavy atom. The molecule has 1 fully saturated rings. The molecule has 182 valence electrons. The molecule has 1 saturated heterocycles. The van der Waals surface area contributed by atoms with Crippen LogP contribution in [0, 0.1) is 0 Å². The number of piperidine rings is 1. The molecule has 0 bridgehead atoms. The van der Waals surface area contributed by atoms with Crippen molar-refractivity contribution in [3.05, 3.63) is 53.6 Å². The molecule has 1 aromatic heterocycles. The van der Waals surface area contributed by atoms with E-state index >= 15 is 0 Å². The van der Waals surface area contributed by atoms with Gasteiger partial charge < -0.3 is 15.0 Å². The van der Waals surface area contributed by atoms with E-state index in [9.17, 15) is 21.6 Å². The van der Waals surface area contributed by atoms with Crippen LogP contribution in [0.2, 0.25) is 0 Å². The number of benzene rings is 1. The van der Waals surface area contributed by atoms with Crippen molar-refractivity contribution >= 4 is 16.0 Å². The first-order valence-electron chi connectivity index (χ1n) is 10.4. The maximum Gasteiger partial charge on any atom is 0.490 e. The van der Waals surface area contributed by atoms with Crippen LogP contribution in [-0.2, 0) is 33.8 Å². The summed E-state index contributed by atoms with van der Waals surface area (Å²) >= 11 is 0. The van der Waals surface area contributed by atoms with E-state index in [1.807, 2.05) is 24.1 Å². The van der Waals surface area contributed by atoms with Gasteiger partial charge in [0.25, 0.3) is 0 Å². The quantitative estimate of drug-likeness (QED) is 0.686. The number of halogens is 3. The standard InChI is InChI=1S/C19H26N4O2S.C2HF3O2/c1-22-14-20-12-15(22)13-21-18-11-19(17-6-4-3-5-16(17)18)7-9-23(10-8-19)26(2,24)25;3-2(4,5)1(6)7/h3-6,12,14,18,21H,7-11,13H2,1-2H3;(H,6,7). The monoisotopic (exact) mass is 488 g/mol. The number of carboxylic acid groups (broad SMARTS) is 1. The van der Waals surface area contributed by atoms with Gasteiger partial charge in [-0.2, -0.15) is 13.2 Å². The average molecular weight is 489 g/mol. The largest absolute Gasteiger partial charge is 0.490 e. The highest BCUT2D eigenvalue weighted by molar-refractivity contribution is 7.88. The second-order valence-corrected chi connectivity index (χ2v) is 10.4. The van der Waals surface area contributed by atoms with E-state index in [1.54, 1.807) is 4.31 Å². The van der Waals surface area contributed by atoms with Gasteiger partial charge in [0.15, 0.2) is 0 Å². The number of carbonyl (C=O) groups is 1. The molecule has 12 heteroatoms. The number of fused-ring (bicyclic) bond motifs is 2. The number of carboxylic acids is 1. The predicted octanol–water partition coefficient (Wildman–Crippen LogP) is 2.58. The number of alkyl halides is 3. The zero-order chi connectivity index (χ0) is 24.4. The molecule has 2 N–H and O–H groups in total. The van der Waals surface area contributed by atoms with Crippen molar-refractivity contribution in [2.24, 2.45) is 7.05 Å². The lowest BCUT2D eigenvalue weighted by molar-refractivity contribution is -0.192. The molecule has 1 aliphatic heterocycles. The first-order valence-corrected chi connectivity index (χ1v) is 12.2. The van der Waals surface area contributed by atoms with E-state index in [1.165, 1.54) is 17.4 Å². The number of hydrogen-bond acceptors (Lipinski definition) is 5. The zero-order valence-electron chi connectivity index (χ0n) is 18.3. The minimum absolute atomic E-state index is 0.0852. The third kappa shape index (κ3) is 5.74. The van der Waals surface area contributed by atoms with Gasteiger partial charge in [0, 0.05) is 38.9 Å². The molecule has 1 aliphatic carbocycles. The summed E-state index contributed by atoms with van der Waals surface area (Å²) in [5.41, 5.74) is 4.01. The summed E-state index contributed by atoms with van der Waals surface area (Å²) in [5, 5.41) is 10.8. The number of aromatic nitrogens is 2. The van der Waals surface area contributed by atoms with Gasteiger partial charge >= 0.3 is 12.1 Å². The smallest absolute Gasteiger partial charge is 0.475 e. The predicted molar refractivity (Wildman–Crippen MR) is 115 cm³/mol. The number of sulfonamides is 1. The van der Waals surface area contributed by atoms with Crippen molar-refractivity contribution in [1.29, 1.82) is 0 Å². The molecule has 2 aromatic rings. The zero-order valence-corrected chi connectivity index (χ0v) is 19.2. The first kappa shape index (κ1) is 25.2. The molecule has 1 atom stereocenters. The topological polar surface area (TPSA) is 105 Å². The highest BCUT2D eigenvalue weighted by Crippen LogP contribution is 2.50. The Bertz CT molecular complexity index is 1090. The Hall–Kier alpha value is -2.44. The van der Waals surface area contributed by atoms with Crippen LogP contribution in [-0.4, -0.2) is 58.9 Å². The summed E-state index contributed by atoms with van der Waals surface area (Å²) in [6.07, 6.45) is 2.76.